The predicted molar refractivity (Wildman–Crippen MR) is 81.5 cm³/mol. The van der Waals surface area contributed by atoms with E-state index in [1.54, 1.807) is 18.2 Å². The second-order valence-electron chi connectivity index (χ2n) is 4.46. The molecule has 4 heteroatoms. The van der Waals surface area contributed by atoms with Gasteiger partial charge in [-0.2, -0.15) is 0 Å². The largest absolute Gasteiger partial charge is 0.327 e. The van der Waals surface area contributed by atoms with Crippen molar-refractivity contribution in [3.8, 4) is 11.8 Å². The summed E-state index contributed by atoms with van der Waals surface area (Å²) in [6.45, 7) is 2.12. The Bertz CT molecular complexity index is 684. The zero-order chi connectivity index (χ0) is 15.1. The Morgan fingerprint density at radius 3 is 2.57 bits per heavy atom. The van der Waals surface area contributed by atoms with Crippen LogP contribution in [0.25, 0.3) is 0 Å². The standard InChI is InChI=1S/C17H15FN2O/c1-13-8-10-15(11-9-13)20-17(21)19-12-4-6-14-5-2-3-7-16(14)18/h2-3,5,7-11H,12H2,1H3,(H2,19,20,21). The third-order valence-electron chi connectivity index (χ3n) is 2.74. The molecule has 0 atom stereocenters. The van der Waals surface area contributed by atoms with Crippen LogP contribution >= 0.6 is 0 Å². The monoisotopic (exact) mass is 282 g/mol. The molecule has 0 saturated heterocycles. The number of hydrogen-bond donors (Lipinski definition) is 2. The van der Waals surface area contributed by atoms with E-state index < -0.39 is 0 Å². The summed E-state index contributed by atoms with van der Waals surface area (Å²) in [5.41, 5.74) is 2.15. The number of carbonyl (C=O) groups excluding carboxylic acids is 1. The molecule has 0 aliphatic heterocycles. The Morgan fingerprint density at radius 1 is 1.14 bits per heavy atom. The molecule has 21 heavy (non-hydrogen) atoms. The summed E-state index contributed by atoms with van der Waals surface area (Å²) >= 11 is 0. The Hall–Kier alpha value is -2.80. The van der Waals surface area contributed by atoms with E-state index in [-0.39, 0.29) is 18.4 Å². The van der Waals surface area contributed by atoms with Crippen LogP contribution in [0.4, 0.5) is 14.9 Å². The SMILES string of the molecule is Cc1ccc(NC(=O)NCC#Cc2ccccc2F)cc1. The maximum Gasteiger partial charge on any atom is 0.319 e. The number of amides is 2. The summed E-state index contributed by atoms with van der Waals surface area (Å²) in [7, 11) is 0. The third kappa shape index (κ3) is 4.66. The zero-order valence-electron chi connectivity index (χ0n) is 11.6. The minimum atomic E-state index is -0.367. The molecule has 2 rings (SSSR count). The van der Waals surface area contributed by atoms with Crippen molar-refractivity contribution in [2.75, 3.05) is 11.9 Å². The fraction of sp³-hybridized carbons (Fsp3) is 0.118. The molecule has 0 saturated carbocycles. The van der Waals surface area contributed by atoms with E-state index in [2.05, 4.69) is 22.5 Å². The van der Waals surface area contributed by atoms with Gasteiger partial charge in [-0.25, -0.2) is 9.18 Å². The van der Waals surface area contributed by atoms with E-state index in [1.807, 2.05) is 31.2 Å². The van der Waals surface area contributed by atoms with Gasteiger partial charge in [-0.05, 0) is 31.2 Å². The highest BCUT2D eigenvalue weighted by atomic mass is 19.1. The second kappa shape index (κ2) is 7.11. The molecule has 0 aliphatic rings. The normalized spacial score (nSPS) is 9.43. The van der Waals surface area contributed by atoms with Crippen LogP contribution in [0.2, 0.25) is 0 Å². The van der Waals surface area contributed by atoms with Gasteiger partial charge in [-0.15, -0.1) is 0 Å². The van der Waals surface area contributed by atoms with Crippen molar-refractivity contribution in [3.05, 3.63) is 65.5 Å². The minimum absolute atomic E-state index is 0.145. The smallest absolute Gasteiger partial charge is 0.319 e. The summed E-state index contributed by atoms with van der Waals surface area (Å²) in [5, 5.41) is 5.28. The van der Waals surface area contributed by atoms with Gasteiger partial charge < -0.3 is 10.6 Å². The van der Waals surface area contributed by atoms with Crippen LogP contribution in [0.5, 0.6) is 0 Å². The predicted octanol–water partition coefficient (Wildman–Crippen LogP) is 3.31. The van der Waals surface area contributed by atoms with Gasteiger partial charge in [-0.1, -0.05) is 41.7 Å². The molecule has 0 radical (unpaired) electrons. The van der Waals surface area contributed by atoms with Gasteiger partial charge in [0.15, 0.2) is 0 Å². The maximum atomic E-state index is 13.3. The first-order chi connectivity index (χ1) is 10.1. The van der Waals surface area contributed by atoms with Crippen LogP contribution < -0.4 is 10.6 Å². The van der Waals surface area contributed by atoms with Crippen LogP contribution in [0.1, 0.15) is 11.1 Å². The van der Waals surface area contributed by atoms with Crippen molar-refractivity contribution in [1.29, 1.82) is 0 Å². The fourth-order valence-electron chi connectivity index (χ4n) is 1.64. The molecule has 2 aromatic rings. The van der Waals surface area contributed by atoms with Gasteiger partial charge in [0.1, 0.15) is 5.82 Å². The number of anilines is 1. The van der Waals surface area contributed by atoms with E-state index in [0.717, 1.165) is 5.56 Å². The summed E-state index contributed by atoms with van der Waals surface area (Å²) in [4.78, 5) is 11.6. The summed E-state index contributed by atoms with van der Waals surface area (Å²) in [5.74, 6) is 5.01. The lowest BCUT2D eigenvalue weighted by Gasteiger charge is -2.05. The Morgan fingerprint density at radius 2 is 1.86 bits per heavy atom. The van der Waals surface area contributed by atoms with Gasteiger partial charge in [0.2, 0.25) is 0 Å². The fourth-order valence-corrected chi connectivity index (χ4v) is 1.64. The molecule has 2 amide bonds. The average Bonchev–Trinajstić information content (AvgIpc) is 2.48. The topological polar surface area (TPSA) is 41.1 Å². The summed E-state index contributed by atoms with van der Waals surface area (Å²) in [6.07, 6.45) is 0. The highest BCUT2D eigenvalue weighted by Crippen LogP contribution is 2.08. The molecule has 0 heterocycles. The highest BCUT2D eigenvalue weighted by molar-refractivity contribution is 5.89. The molecular formula is C17H15FN2O. The number of benzene rings is 2. The molecule has 3 nitrogen and oxygen atoms in total. The van der Waals surface area contributed by atoms with E-state index >= 15 is 0 Å². The van der Waals surface area contributed by atoms with E-state index in [9.17, 15) is 9.18 Å². The number of halogens is 1. The molecule has 0 spiro atoms. The van der Waals surface area contributed by atoms with Gasteiger partial charge in [0, 0.05) is 5.69 Å². The van der Waals surface area contributed by atoms with Crippen molar-refractivity contribution in [3.63, 3.8) is 0 Å². The van der Waals surface area contributed by atoms with E-state index in [1.165, 1.54) is 6.07 Å². The van der Waals surface area contributed by atoms with Crippen molar-refractivity contribution in [2.24, 2.45) is 0 Å². The second-order valence-corrected chi connectivity index (χ2v) is 4.46. The Kier molecular flexibility index (Phi) is 4.94. The molecule has 2 aromatic carbocycles. The van der Waals surface area contributed by atoms with Crippen molar-refractivity contribution in [2.45, 2.75) is 6.92 Å². The van der Waals surface area contributed by atoms with Crippen molar-refractivity contribution in [1.82, 2.24) is 5.32 Å². The van der Waals surface area contributed by atoms with Gasteiger partial charge in [0.25, 0.3) is 0 Å². The molecule has 106 valence electrons. The first-order valence-electron chi connectivity index (χ1n) is 6.50. The maximum absolute atomic E-state index is 13.3. The molecule has 0 fully saturated rings. The van der Waals surface area contributed by atoms with E-state index in [4.69, 9.17) is 0 Å². The number of hydrogen-bond acceptors (Lipinski definition) is 1. The van der Waals surface area contributed by atoms with E-state index in [0.29, 0.717) is 11.3 Å². The zero-order valence-corrected chi connectivity index (χ0v) is 11.6. The molecule has 0 unspecified atom stereocenters. The van der Waals surface area contributed by atoms with Crippen LogP contribution in [0, 0.1) is 24.6 Å². The van der Waals surface area contributed by atoms with Gasteiger partial charge in [0.05, 0.1) is 12.1 Å². The average molecular weight is 282 g/mol. The first kappa shape index (κ1) is 14.6. The lowest BCUT2D eigenvalue weighted by Crippen LogP contribution is -2.28. The third-order valence-corrected chi connectivity index (χ3v) is 2.74. The number of rotatable bonds is 2. The minimum Gasteiger partial charge on any atom is -0.327 e. The highest BCUT2D eigenvalue weighted by Gasteiger charge is 1.99. The molecular weight excluding hydrogens is 267 g/mol. The Balaban J connectivity index is 1.83. The van der Waals surface area contributed by atoms with Crippen molar-refractivity contribution < 1.29 is 9.18 Å². The van der Waals surface area contributed by atoms with Crippen molar-refractivity contribution >= 4 is 11.7 Å². The molecule has 0 aromatic heterocycles. The Labute approximate surface area is 123 Å². The van der Waals surface area contributed by atoms with Crippen LogP contribution in [-0.4, -0.2) is 12.6 Å². The van der Waals surface area contributed by atoms with Gasteiger partial charge >= 0.3 is 6.03 Å². The molecule has 2 N–H and O–H groups in total. The summed E-state index contributed by atoms with van der Waals surface area (Å²) < 4.78 is 13.3. The van der Waals surface area contributed by atoms with Gasteiger partial charge in [-0.3, -0.25) is 0 Å². The number of aryl methyl sites for hydroxylation is 1. The van der Waals surface area contributed by atoms with Crippen LogP contribution in [0.15, 0.2) is 48.5 Å². The van der Waals surface area contributed by atoms with Crippen LogP contribution in [-0.2, 0) is 0 Å². The number of nitrogens with one attached hydrogen (secondary N) is 2. The molecule has 0 bridgehead atoms. The lowest BCUT2D eigenvalue weighted by molar-refractivity contribution is 0.253. The summed E-state index contributed by atoms with van der Waals surface area (Å²) in [6, 6.07) is 13.4. The number of urea groups is 1. The number of carbonyl (C=O) groups is 1. The molecule has 0 aliphatic carbocycles. The first-order valence-corrected chi connectivity index (χ1v) is 6.50. The van der Waals surface area contributed by atoms with Crippen LogP contribution in [0.3, 0.4) is 0 Å². The lowest BCUT2D eigenvalue weighted by atomic mass is 10.2. The quantitative estimate of drug-likeness (QED) is 0.815.